The van der Waals surface area contributed by atoms with Crippen LogP contribution < -0.4 is 14.2 Å². The van der Waals surface area contributed by atoms with Crippen molar-refractivity contribution in [2.75, 3.05) is 20.3 Å². The Balaban J connectivity index is 0.000000221. The van der Waals surface area contributed by atoms with Crippen molar-refractivity contribution in [2.45, 2.75) is 61.4 Å². The molecule has 8 N–H and O–H groups in total. The van der Waals surface area contributed by atoms with Crippen LogP contribution in [0.1, 0.15) is 22.3 Å². The first-order valence-electron chi connectivity index (χ1n) is 17.7. The molecule has 4 aromatic carbocycles. The molecule has 2 saturated heterocycles. The zero-order valence-corrected chi connectivity index (χ0v) is 30.6. The van der Waals surface area contributed by atoms with Gasteiger partial charge in [-0.15, -0.1) is 0 Å². The molecule has 0 amide bonds. The molecule has 13 nitrogen and oxygen atoms in total. The van der Waals surface area contributed by atoms with E-state index in [1.165, 1.54) is 19.3 Å². The van der Waals surface area contributed by atoms with Gasteiger partial charge in [0.25, 0.3) is 0 Å². The second-order valence-electron chi connectivity index (χ2n) is 13.1. The minimum Gasteiger partial charge on any atom is -0.497 e. The Morgan fingerprint density at radius 1 is 0.534 bits per heavy atom. The highest BCUT2D eigenvalue weighted by Gasteiger charge is 2.46. The maximum absolute atomic E-state index is 14.5. The molecule has 312 valence electrons. The van der Waals surface area contributed by atoms with Crippen LogP contribution in [0.2, 0.25) is 0 Å². The molecule has 0 radical (unpaired) electrons. The highest BCUT2D eigenvalue weighted by Crippen LogP contribution is 2.33. The minimum atomic E-state index is -1.73. The minimum absolute atomic E-state index is 0.0141. The molecule has 0 unspecified atom stereocenters. The molecular formula is C41H42F4O13. The predicted molar refractivity (Wildman–Crippen MR) is 199 cm³/mol. The summed E-state index contributed by atoms with van der Waals surface area (Å²) < 4.78 is 82.6. The van der Waals surface area contributed by atoms with Gasteiger partial charge < -0.3 is 64.5 Å². The molecule has 2 aliphatic heterocycles. The Bertz CT molecular complexity index is 2000. The monoisotopic (exact) mass is 818 g/mol. The summed E-state index contributed by atoms with van der Waals surface area (Å²) >= 11 is 0. The second kappa shape index (κ2) is 20.2. The van der Waals surface area contributed by atoms with Gasteiger partial charge in [0.2, 0.25) is 12.6 Å². The number of ether oxygens (including phenoxy) is 5. The number of aliphatic hydroxyl groups excluding tert-OH is 8. The summed E-state index contributed by atoms with van der Waals surface area (Å²) in [5, 5.41) is 78.1. The molecule has 58 heavy (non-hydrogen) atoms. The third-order valence-corrected chi connectivity index (χ3v) is 9.07. The maximum Gasteiger partial charge on any atom is 0.229 e. The molecule has 17 heteroatoms. The summed E-state index contributed by atoms with van der Waals surface area (Å²) in [6.07, 6.45) is -9.55. The van der Waals surface area contributed by atoms with Crippen molar-refractivity contribution in [3.8, 4) is 17.2 Å². The van der Waals surface area contributed by atoms with Crippen LogP contribution in [0.5, 0.6) is 17.2 Å². The van der Waals surface area contributed by atoms with Crippen LogP contribution in [0.3, 0.4) is 0 Å². The van der Waals surface area contributed by atoms with E-state index in [0.717, 1.165) is 23.3 Å². The lowest BCUT2D eigenvalue weighted by atomic mass is 9.99. The van der Waals surface area contributed by atoms with Crippen LogP contribution in [-0.4, -0.2) is 123 Å². The molecular weight excluding hydrogens is 776 g/mol. The number of rotatable bonds is 11. The second-order valence-corrected chi connectivity index (χ2v) is 13.1. The van der Waals surface area contributed by atoms with E-state index in [4.69, 9.17) is 23.7 Å². The Hall–Kier alpha value is -4.92. The van der Waals surface area contributed by atoms with Gasteiger partial charge in [0.15, 0.2) is 23.1 Å². The molecule has 2 heterocycles. The summed E-state index contributed by atoms with van der Waals surface area (Å²) in [4.78, 5) is 0. The van der Waals surface area contributed by atoms with E-state index in [1.54, 1.807) is 60.7 Å². The van der Waals surface area contributed by atoms with Gasteiger partial charge in [-0.25, -0.2) is 17.6 Å². The summed E-state index contributed by atoms with van der Waals surface area (Å²) in [6.45, 7) is -1.32. The average Bonchev–Trinajstić information content (AvgIpc) is 3.22. The normalized spacial score (nSPS) is 27.3. The topological polar surface area (TPSA) is 208 Å². The first kappa shape index (κ1) is 44.2. The Morgan fingerprint density at radius 3 is 1.34 bits per heavy atom. The quantitative estimate of drug-likeness (QED) is 0.0811. The van der Waals surface area contributed by atoms with Crippen LogP contribution >= 0.6 is 0 Å². The molecule has 10 atom stereocenters. The smallest absolute Gasteiger partial charge is 0.229 e. The van der Waals surface area contributed by atoms with Crippen LogP contribution in [0, 0.1) is 23.3 Å². The van der Waals surface area contributed by atoms with Crippen molar-refractivity contribution in [1.82, 2.24) is 0 Å². The van der Waals surface area contributed by atoms with Gasteiger partial charge in [0.1, 0.15) is 66.2 Å². The van der Waals surface area contributed by atoms with Crippen LogP contribution in [-0.2, 0) is 9.47 Å². The third kappa shape index (κ3) is 10.8. The molecule has 2 fully saturated rings. The van der Waals surface area contributed by atoms with Gasteiger partial charge in [-0.2, -0.15) is 0 Å². The lowest BCUT2D eigenvalue weighted by Gasteiger charge is -2.39. The summed E-state index contributed by atoms with van der Waals surface area (Å²) in [5.74, 6) is -3.94. The van der Waals surface area contributed by atoms with Crippen molar-refractivity contribution in [2.24, 2.45) is 0 Å². The number of aliphatic hydroxyl groups is 8. The van der Waals surface area contributed by atoms with Crippen molar-refractivity contribution in [3.05, 3.63) is 124 Å². The van der Waals surface area contributed by atoms with Crippen molar-refractivity contribution in [3.63, 3.8) is 0 Å². The fraction of sp³-hybridized carbons (Fsp3) is 0.317. The van der Waals surface area contributed by atoms with E-state index in [-0.39, 0.29) is 11.1 Å². The van der Waals surface area contributed by atoms with Crippen LogP contribution in [0.25, 0.3) is 24.3 Å². The number of benzene rings is 4. The van der Waals surface area contributed by atoms with Gasteiger partial charge in [0, 0.05) is 23.3 Å². The molecule has 0 bridgehead atoms. The number of methoxy groups -OCH3 is 1. The van der Waals surface area contributed by atoms with Gasteiger partial charge in [-0.3, -0.25) is 0 Å². The molecule has 0 spiro atoms. The average molecular weight is 819 g/mol. The molecule has 4 aromatic rings. The van der Waals surface area contributed by atoms with E-state index >= 15 is 0 Å². The fourth-order valence-corrected chi connectivity index (χ4v) is 5.87. The standard InChI is InChI=1S/C21H22F2O7.C20H20F2O6/c1-28-14-6-3-11(4-7-14)2-5-12-8-13(22)9-15(23)20(12)30-21-19(27)18(26)17(25)16(10-24)29-21;21-13-8-12(7-6-11-4-2-1-3-5-11)19(14(22)9-13)28-20-18(26)17(25)16(24)15(10-23)27-20/h2-9,16-19,21,24-27H,10H2,1H3;1-9,15-18,20,23-26H,10H2/b5-2+;7-6+/t16-,17-,18+,19-,21+;15-,16-,17+,18-,20+/m11/s1. The number of halogens is 4. The molecule has 0 saturated carbocycles. The molecule has 2 aliphatic rings. The van der Waals surface area contributed by atoms with E-state index in [2.05, 4.69) is 0 Å². The maximum atomic E-state index is 14.5. The van der Waals surface area contributed by atoms with E-state index < -0.39 is 109 Å². The van der Waals surface area contributed by atoms with E-state index in [9.17, 15) is 58.4 Å². The van der Waals surface area contributed by atoms with E-state index in [1.807, 2.05) is 6.07 Å². The SMILES string of the molecule is COc1ccc(/C=C/c2cc(F)cc(F)c2O[C@@H]2O[C@H](CO)[C@@H](O)[C@H](O)[C@H]2O)cc1.OC[C@H]1O[C@@H](Oc2c(F)cc(F)cc2/C=C/c2ccccc2)[C@H](O)[C@@H](O)[C@@H]1O. The Kier molecular flexibility index (Phi) is 15.4. The lowest BCUT2D eigenvalue weighted by Crippen LogP contribution is -2.60. The summed E-state index contributed by atoms with van der Waals surface area (Å²) in [6, 6.07) is 19.2. The van der Waals surface area contributed by atoms with Crippen LogP contribution in [0.15, 0.2) is 78.9 Å². The van der Waals surface area contributed by atoms with Gasteiger partial charge in [0.05, 0.1) is 20.3 Å². The van der Waals surface area contributed by atoms with Gasteiger partial charge in [-0.1, -0.05) is 66.8 Å². The Morgan fingerprint density at radius 2 is 0.948 bits per heavy atom. The highest BCUT2D eigenvalue weighted by atomic mass is 19.1. The van der Waals surface area contributed by atoms with Crippen LogP contribution in [0.4, 0.5) is 17.6 Å². The zero-order chi connectivity index (χ0) is 42.1. The molecule has 0 aromatic heterocycles. The van der Waals surface area contributed by atoms with Crippen molar-refractivity contribution < 1.29 is 82.1 Å². The first-order chi connectivity index (χ1) is 27.7. The first-order valence-corrected chi connectivity index (χ1v) is 17.7. The van der Waals surface area contributed by atoms with Gasteiger partial charge >= 0.3 is 0 Å². The van der Waals surface area contributed by atoms with Gasteiger partial charge in [-0.05, 0) is 35.4 Å². The van der Waals surface area contributed by atoms with Crippen molar-refractivity contribution in [1.29, 1.82) is 0 Å². The third-order valence-electron chi connectivity index (χ3n) is 9.07. The van der Waals surface area contributed by atoms with Crippen molar-refractivity contribution >= 4 is 24.3 Å². The lowest BCUT2D eigenvalue weighted by molar-refractivity contribution is -0.277. The summed E-state index contributed by atoms with van der Waals surface area (Å²) in [7, 11) is 1.53. The van der Waals surface area contributed by atoms with E-state index in [0.29, 0.717) is 17.9 Å². The predicted octanol–water partition coefficient (Wildman–Crippen LogP) is 2.64. The molecule has 6 rings (SSSR count). The fourth-order valence-electron chi connectivity index (χ4n) is 5.87. The highest BCUT2D eigenvalue weighted by molar-refractivity contribution is 5.73. The number of hydrogen-bond acceptors (Lipinski definition) is 13. The largest absolute Gasteiger partial charge is 0.497 e. The summed E-state index contributed by atoms with van der Waals surface area (Å²) in [5.41, 5.74) is 1.56. The zero-order valence-electron chi connectivity index (χ0n) is 30.6. The number of hydrogen-bond donors (Lipinski definition) is 8. The molecule has 0 aliphatic carbocycles. The Labute approximate surface area is 329 Å².